The van der Waals surface area contributed by atoms with Crippen molar-refractivity contribution >= 4 is 34.7 Å². The number of amidine groups is 1. The molecule has 94 valence electrons. The normalized spacial score (nSPS) is 28.8. The summed E-state index contributed by atoms with van der Waals surface area (Å²) in [5.41, 5.74) is 2.11. The van der Waals surface area contributed by atoms with Crippen LogP contribution < -0.4 is 0 Å². The Bertz CT molecular complexity index is 553. The highest BCUT2D eigenvalue weighted by Gasteiger charge is 2.39. The molecule has 1 aromatic rings. The molecule has 1 saturated heterocycles. The molecule has 0 amide bonds. The number of hydrogen-bond acceptors (Lipinski definition) is 2. The second kappa shape index (κ2) is 3.88. The van der Waals surface area contributed by atoms with Crippen LogP contribution >= 0.6 is 23.2 Å². The number of hydrogen-bond donors (Lipinski definition) is 0. The summed E-state index contributed by atoms with van der Waals surface area (Å²) in [6.07, 6.45) is 5.12. The van der Waals surface area contributed by atoms with Crippen LogP contribution in [0.15, 0.2) is 17.1 Å². The Hall–Kier alpha value is -0.730. The number of halogens is 2. The molecule has 0 spiro atoms. The Kier molecular flexibility index (Phi) is 2.40. The van der Waals surface area contributed by atoms with Crippen molar-refractivity contribution in [3.63, 3.8) is 0 Å². The molecule has 0 aromatic heterocycles. The lowest BCUT2D eigenvalue weighted by atomic mass is 9.96. The lowest BCUT2D eigenvalue weighted by Gasteiger charge is -2.39. The van der Waals surface area contributed by atoms with Gasteiger partial charge in [0.05, 0.1) is 10.7 Å². The molecule has 1 aliphatic carbocycles. The van der Waals surface area contributed by atoms with Gasteiger partial charge in [-0.05, 0) is 37.3 Å². The van der Waals surface area contributed by atoms with Crippen molar-refractivity contribution < 1.29 is 0 Å². The summed E-state index contributed by atoms with van der Waals surface area (Å²) >= 11 is 12.3. The third-order valence-corrected chi connectivity index (χ3v) is 4.95. The fraction of sp³-hybridized carbons (Fsp3) is 0.500. The molecule has 2 bridgehead atoms. The number of fused-ring (bicyclic) bond motifs is 5. The Labute approximate surface area is 117 Å². The molecule has 2 atom stereocenters. The van der Waals surface area contributed by atoms with Crippen molar-refractivity contribution in [2.75, 3.05) is 0 Å². The van der Waals surface area contributed by atoms with Crippen LogP contribution in [0.2, 0.25) is 10.0 Å². The van der Waals surface area contributed by atoms with Gasteiger partial charge in [0.2, 0.25) is 0 Å². The summed E-state index contributed by atoms with van der Waals surface area (Å²) in [6, 6.07) is 4.48. The van der Waals surface area contributed by atoms with Gasteiger partial charge in [-0.25, -0.2) is 4.99 Å². The average molecular weight is 281 g/mol. The minimum absolute atomic E-state index is 0.683. The SMILES string of the molecule is Clc1cc(Cl)c2c(c1)CN1C(=N2)CC2CCC1C2. The van der Waals surface area contributed by atoms with Gasteiger partial charge in [-0.15, -0.1) is 0 Å². The van der Waals surface area contributed by atoms with Crippen LogP contribution in [0.4, 0.5) is 5.69 Å². The number of benzene rings is 1. The van der Waals surface area contributed by atoms with Crippen LogP contribution in [0.5, 0.6) is 0 Å². The topological polar surface area (TPSA) is 15.6 Å². The highest BCUT2D eigenvalue weighted by atomic mass is 35.5. The van der Waals surface area contributed by atoms with E-state index >= 15 is 0 Å². The molecule has 2 fully saturated rings. The number of piperidine rings is 1. The summed E-state index contributed by atoms with van der Waals surface area (Å²) in [5.74, 6) is 2.09. The van der Waals surface area contributed by atoms with Crippen molar-refractivity contribution in [1.29, 1.82) is 0 Å². The monoisotopic (exact) mass is 280 g/mol. The lowest BCUT2D eigenvalue weighted by molar-refractivity contribution is 0.266. The van der Waals surface area contributed by atoms with Crippen LogP contribution in [-0.2, 0) is 6.54 Å². The van der Waals surface area contributed by atoms with Crippen LogP contribution in [0.3, 0.4) is 0 Å². The molecule has 2 heterocycles. The standard InChI is InChI=1S/C14H14Cl2N2/c15-10-5-9-7-18-11-2-1-8(3-11)4-13(18)17-14(9)12(16)6-10/h5-6,8,11H,1-4,7H2. The fourth-order valence-corrected chi connectivity index (χ4v) is 4.19. The molecule has 1 saturated carbocycles. The minimum Gasteiger partial charge on any atom is -0.353 e. The molecule has 3 aliphatic rings. The van der Waals surface area contributed by atoms with Crippen molar-refractivity contribution in [1.82, 2.24) is 4.90 Å². The Balaban J connectivity index is 1.82. The Morgan fingerprint density at radius 3 is 3.00 bits per heavy atom. The van der Waals surface area contributed by atoms with E-state index in [0.717, 1.165) is 24.6 Å². The summed E-state index contributed by atoms with van der Waals surface area (Å²) < 4.78 is 0. The van der Waals surface area contributed by atoms with E-state index in [1.165, 1.54) is 30.7 Å². The smallest absolute Gasteiger partial charge is 0.106 e. The summed E-state index contributed by atoms with van der Waals surface area (Å²) in [5, 5.41) is 1.39. The Morgan fingerprint density at radius 1 is 1.22 bits per heavy atom. The largest absolute Gasteiger partial charge is 0.353 e. The second-order valence-corrected chi connectivity index (χ2v) is 6.43. The molecule has 2 nitrogen and oxygen atoms in total. The third-order valence-electron chi connectivity index (χ3n) is 4.45. The van der Waals surface area contributed by atoms with E-state index in [0.29, 0.717) is 16.1 Å². The minimum atomic E-state index is 0.683. The van der Waals surface area contributed by atoms with Crippen LogP contribution in [0.25, 0.3) is 0 Å². The van der Waals surface area contributed by atoms with E-state index in [1.807, 2.05) is 6.07 Å². The maximum absolute atomic E-state index is 6.26. The predicted octanol–water partition coefficient (Wildman–Crippen LogP) is 4.41. The molecule has 18 heavy (non-hydrogen) atoms. The molecule has 4 heteroatoms. The van der Waals surface area contributed by atoms with E-state index in [1.54, 1.807) is 6.07 Å². The predicted molar refractivity (Wildman–Crippen MR) is 74.8 cm³/mol. The molecule has 1 aromatic carbocycles. The Morgan fingerprint density at radius 2 is 2.11 bits per heavy atom. The van der Waals surface area contributed by atoms with Crippen molar-refractivity contribution in [2.45, 2.75) is 38.3 Å². The lowest BCUT2D eigenvalue weighted by Crippen LogP contribution is -2.43. The zero-order chi connectivity index (χ0) is 12.3. The molecule has 2 aliphatic heterocycles. The average Bonchev–Trinajstić information content (AvgIpc) is 2.71. The zero-order valence-corrected chi connectivity index (χ0v) is 11.5. The van der Waals surface area contributed by atoms with E-state index in [4.69, 9.17) is 28.2 Å². The highest BCUT2D eigenvalue weighted by molar-refractivity contribution is 6.36. The van der Waals surface area contributed by atoms with Gasteiger partial charge in [-0.2, -0.15) is 0 Å². The van der Waals surface area contributed by atoms with Gasteiger partial charge in [0.15, 0.2) is 0 Å². The summed E-state index contributed by atoms with van der Waals surface area (Å²) in [7, 11) is 0. The zero-order valence-electron chi connectivity index (χ0n) is 10.00. The summed E-state index contributed by atoms with van der Waals surface area (Å²) in [6.45, 7) is 0.922. The van der Waals surface area contributed by atoms with E-state index in [9.17, 15) is 0 Å². The number of nitrogens with zero attached hydrogens (tertiary/aromatic N) is 2. The molecular formula is C14H14Cl2N2. The first-order valence-electron chi connectivity index (χ1n) is 6.53. The molecule has 0 radical (unpaired) electrons. The first-order valence-corrected chi connectivity index (χ1v) is 7.28. The maximum Gasteiger partial charge on any atom is 0.106 e. The van der Waals surface area contributed by atoms with Gasteiger partial charge in [0.25, 0.3) is 0 Å². The quantitative estimate of drug-likeness (QED) is 0.687. The van der Waals surface area contributed by atoms with Crippen molar-refractivity contribution in [2.24, 2.45) is 10.9 Å². The van der Waals surface area contributed by atoms with Gasteiger partial charge in [0, 0.05) is 29.6 Å². The number of rotatable bonds is 0. The molecule has 2 unspecified atom stereocenters. The van der Waals surface area contributed by atoms with E-state index in [-0.39, 0.29) is 0 Å². The third kappa shape index (κ3) is 1.59. The van der Waals surface area contributed by atoms with E-state index in [2.05, 4.69) is 4.90 Å². The molecular weight excluding hydrogens is 267 g/mol. The van der Waals surface area contributed by atoms with E-state index < -0.39 is 0 Å². The molecule has 4 rings (SSSR count). The first-order chi connectivity index (χ1) is 8.70. The van der Waals surface area contributed by atoms with Gasteiger partial charge >= 0.3 is 0 Å². The fourth-order valence-electron chi connectivity index (χ4n) is 3.61. The van der Waals surface area contributed by atoms with Gasteiger partial charge in [-0.3, -0.25) is 0 Å². The molecule has 0 N–H and O–H groups in total. The maximum atomic E-state index is 6.26. The first kappa shape index (κ1) is 11.1. The number of aliphatic imine (C=N–C) groups is 1. The van der Waals surface area contributed by atoms with Gasteiger partial charge < -0.3 is 4.90 Å². The van der Waals surface area contributed by atoms with Crippen LogP contribution in [0, 0.1) is 5.92 Å². The van der Waals surface area contributed by atoms with Crippen LogP contribution in [0.1, 0.15) is 31.2 Å². The van der Waals surface area contributed by atoms with Gasteiger partial charge in [0.1, 0.15) is 5.84 Å². The van der Waals surface area contributed by atoms with Crippen molar-refractivity contribution in [3.05, 3.63) is 27.7 Å². The van der Waals surface area contributed by atoms with Crippen LogP contribution in [-0.4, -0.2) is 16.8 Å². The van der Waals surface area contributed by atoms with Crippen molar-refractivity contribution in [3.8, 4) is 0 Å². The van der Waals surface area contributed by atoms with Gasteiger partial charge in [-0.1, -0.05) is 23.2 Å². The summed E-state index contributed by atoms with van der Waals surface area (Å²) in [4.78, 5) is 7.27. The highest BCUT2D eigenvalue weighted by Crippen LogP contribution is 2.44. The second-order valence-electron chi connectivity index (χ2n) is 5.59.